The Morgan fingerprint density at radius 1 is 0.943 bits per heavy atom. The van der Waals surface area contributed by atoms with Gasteiger partial charge in [-0.25, -0.2) is 4.79 Å². The average molecular weight is 479 g/mol. The molecule has 7 heteroatoms. The molecule has 0 radical (unpaired) electrons. The lowest BCUT2D eigenvalue weighted by Crippen LogP contribution is -2.48. The number of amides is 2. The van der Waals surface area contributed by atoms with Crippen molar-refractivity contribution in [1.29, 1.82) is 0 Å². The minimum Gasteiger partial charge on any atom is -0.481 e. The number of hydrogen-bond donors (Lipinski definition) is 3. The van der Waals surface area contributed by atoms with Gasteiger partial charge in [0.15, 0.2) is 0 Å². The lowest BCUT2D eigenvalue weighted by Gasteiger charge is -2.34. The molecular formula is C28H34N2O5. The van der Waals surface area contributed by atoms with Gasteiger partial charge in [-0.2, -0.15) is 0 Å². The Hall–Kier alpha value is -3.35. The Kier molecular flexibility index (Phi) is 7.73. The zero-order valence-electron chi connectivity index (χ0n) is 20.3. The highest BCUT2D eigenvalue weighted by molar-refractivity contribution is 5.80. The van der Waals surface area contributed by atoms with Crippen LogP contribution in [0.1, 0.15) is 63.0 Å². The Bertz CT molecular complexity index is 1030. The highest BCUT2D eigenvalue weighted by Crippen LogP contribution is 2.44. The number of rotatable bonds is 10. The number of carbonyl (C=O) groups excluding carboxylic acids is 2. The number of carboxylic acids is 1. The predicted molar refractivity (Wildman–Crippen MR) is 133 cm³/mol. The van der Waals surface area contributed by atoms with Crippen LogP contribution >= 0.6 is 0 Å². The standard InChI is InChI=1S/C28H34N2O5/c1-17(2)24(14-26(31)29-25(15-27(32)33)18-8-7-9-18)30-28(34)35-16-23-21-12-5-3-10-19(21)20-11-4-6-13-22(20)23/h3-6,10-13,17-18,23-25H,7-9,14-16H2,1-2H3,(H,29,31)(H,30,34)(H,32,33)/t24-,25?/m1/s1. The predicted octanol–water partition coefficient (Wildman–Crippen LogP) is 4.70. The first kappa shape index (κ1) is 24.8. The lowest BCUT2D eigenvalue weighted by molar-refractivity contribution is -0.138. The molecule has 2 aromatic carbocycles. The molecule has 1 fully saturated rings. The highest BCUT2D eigenvalue weighted by atomic mass is 16.5. The third-order valence-electron chi connectivity index (χ3n) is 7.32. The van der Waals surface area contributed by atoms with E-state index in [1.807, 2.05) is 38.1 Å². The van der Waals surface area contributed by atoms with Gasteiger partial charge in [0.05, 0.1) is 6.42 Å². The van der Waals surface area contributed by atoms with Crippen LogP contribution in [0.2, 0.25) is 0 Å². The number of carboxylic acid groups (broad SMARTS) is 1. The van der Waals surface area contributed by atoms with E-state index in [9.17, 15) is 19.5 Å². The molecule has 0 aliphatic heterocycles. The summed E-state index contributed by atoms with van der Waals surface area (Å²) in [4.78, 5) is 36.7. The third-order valence-corrected chi connectivity index (χ3v) is 7.32. The number of nitrogens with one attached hydrogen (secondary N) is 2. The maximum atomic E-state index is 12.7. The van der Waals surface area contributed by atoms with Crippen LogP contribution in [0.5, 0.6) is 0 Å². The SMILES string of the molecule is CC(C)[C@@H](CC(=O)NC(CC(=O)O)C1CCC1)NC(=O)OCC1c2ccccc2-c2ccccc21. The monoisotopic (exact) mass is 478 g/mol. The van der Waals surface area contributed by atoms with E-state index in [1.54, 1.807) is 0 Å². The summed E-state index contributed by atoms with van der Waals surface area (Å²) in [5.74, 6) is -0.987. The first-order chi connectivity index (χ1) is 16.8. The van der Waals surface area contributed by atoms with Crippen LogP contribution in [0.3, 0.4) is 0 Å². The molecule has 0 aromatic heterocycles. The van der Waals surface area contributed by atoms with E-state index in [1.165, 1.54) is 0 Å². The van der Waals surface area contributed by atoms with Gasteiger partial charge in [-0.05, 0) is 46.9 Å². The Morgan fingerprint density at radius 2 is 1.54 bits per heavy atom. The van der Waals surface area contributed by atoms with Gasteiger partial charge in [0, 0.05) is 24.4 Å². The minimum atomic E-state index is -0.917. The molecule has 1 saturated carbocycles. The van der Waals surface area contributed by atoms with Crippen molar-refractivity contribution in [3.8, 4) is 11.1 Å². The fourth-order valence-corrected chi connectivity index (χ4v) is 5.08. The summed E-state index contributed by atoms with van der Waals surface area (Å²) in [5, 5.41) is 14.9. The lowest BCUT2D eigenvalue weighted by atomic mass is 9.78. The molecular weight excluding hydrogens is 444 g/mol. The number of carbonyl (C=O) groups is 3. The molecule has 4 rings (SSSR count). The second-order valence-electron chi connectivity index (χ2n) is 9.99. The molecule has 2 aromatic rings. The molecule has 186 valence electrons. The van der Waals surface area contributed by atoms with Gasteiger partial charge in [0.25, 0.3) is 0 Å². The van der Waals surface area contributed by atoms with Crippen molar-refractivity contribution in [2.24, 2.45) is 11.8 Å². The van der Waals surface area contributed by atoms with Crippen molar-refractivity contribution in [1.82, 2.24) is 10.6 Å². The summed E-state index contributed by atoms with van der Waals surface area (Å²) in [6.45, 7) is 4.07. The maximum absolute atomic E-state index is 12.7. The molecule has 2 amide bonds. The van der Waals surface area contributed by atoms with Crippen LogP contribution in [0.15, 0.2) is 48.5 Å². The van der Waals surface area contributed by atoms with Gasteiger partial charge < -0.3 is 20.5 Å². The molecule has 7 nitrogen and oxygen atoms in total. The van der Waals surface area contributed by atoms with Crippen molar-refractivity contribution >= 4 is 18.0 Å². The fraction of sp³-hybridized carbons (Fsp3) is 0.464. The summed E-state index contributed by atoms with van der Waals surface area (Å²) in [5.41, 5.74) is 4.61. The average Bonchev–Trinajstić information content (AvgIpc) is 3.09. The van der Waals surface area contributed by atoms with Crippen LogP contribution in [-0.2, 0) is 14.3 Å². The van der Waals surface area contributed by atoms with Crippen LogP contribution in [0.25, 0.3) is 11.1 Å². The Labute approximate surface area is 206 Å². The topological polar surface area (TPSA) is 105 Å². The number of aliphatic carboxylic acids is 1. The zero-order chi connectivity index (χ0) is 24.9. The molecule has 0 spiro atoms. The molecule has 2 aliphatic carbocycles. The number of benzene rings is 2. The van der Waals surface area contributed by atoms with Gasteiger partial charge in [-0.1, -0.05) is 68.8 Å². The summed E-state index contributed by atoms with van der Waals surface area (Å²) in [6.07, 6.45) is 2.37. The van der Waals surface area contributed by atoms with Gasteiger partial charge in [0.2, 0.25) is 5.91 Å². The van der Waals surface area contributed by atoms with E-state index >= 15 is 0 Å². The third kappa shape index (κ3) is 5.84. The van der Waals surface area contributed by atoms with Crippen molar-refractivity contribution in [2.45, 2.75) is 64.0 Å². The first-order valence-electron chi connectivity index (χ1n) is 12.5. The molecule has 0 saturated heterocycles. The van der Waals surface area contributed by atoms with E-state index in [0.29, 0.717) is 0 Å². The summed E-state index contributed by atoms with van der Waals surface area (Å²) < 4.78 is 5.64. The van der Waals surface area contributed by atoms with Crippen molar-refractivity contribution in [3.05, 3.63) is 59.7 Å². The molecule has 2 atom stereocenters. The number of ether oxygens (including phenoxy) is 1. The second kappa shape index (κ2) is 10.9. The molecule has 0 heterocycles. The van der Waals surface area contributed by atoms with Gasteiger partial charge in [-0.15, -0.1) is 0 Å². The van der Waals surface area contributed by atoms with E-state index in [0.717, 1.165) is 41.5 Å². The number of alkyl carbamates (subject to hydrolysis) is 1. The van der Waals surface area contributed by atoms with Crippen LogP contribution in [-0.4, -0.2) is 41.8 Å². The highest BCUT2D eigenvalue weighted by Gasteiger charge is 2.32. The summed E-state index contributed by atoms with van der Waals surface area (Å²) >= 11 is 0. The fourth-order valence-electron chi connectivity index (χ4n) is 5.08. The van der Waals surface area contributed by atoms with Crippen molar-refractivity contribution in [3.63, 3.8) is 0 Å². The minimum absolute atomic E-state index is 0.00265. The summed E-state index contributed by atoms with van der Waals surface area (Å²) in [7, 11) is 0. The van der Waals surface area contributed by atoms with Crippen molar-refractivity contribution in [2.75, 3.05) is 6.61 Å². The Morgan fingerprint density at radius 3 is 2.06 bits per heavy atom. The second-order valence-corrected chi connectivity index (χ2v) is 9.99. The Balaban J connectivity index is 1.34. The molecule has 1 unspecified atom stereocenters. The molecule has 0 bridgehead atoms. The van der Waals surface area contributed by atoms with Crippen molar-refractivity contribution < 1.29 is 24.2 Å². The largest absolute Gasteiger partial charge is 0.481 e. The van der Waals surface area contributed by atoms with Crippen LogP contribution < -0.4 is 10.6 Å². The quantitative estimate of drug-likeness (QED) is 0.459. The number of hydrogen-bond acceptors (Lipinski definition) is 4. The molecule has 2 aliphatic rings. The first-order valence-corrected chi connectivity index (χ1v) is 12.5. The molecule has 35 heavy (non-hydrogen) atoms. The van der Waals surface area contributed by atoms with Gasteiger partial charge in [-0.3, -0.25) is 9.59 Å². The van der Waals surface area contributed by atoms with E-state index in [2.05, 4.69) is 34.9 Å². The van der Waals surface area contributed by atoms with E-state index in [4.69, 9.17) is 4.74 Å². The van der Waals surface area contributed by atoms with Crippen LogP contribution in [0, 0.1) is 11.8 Å². The van der Waals surface area contributed by atoms with E-state index < -0.39 is 18.1 Å². The maximum Gasteiger partial charge on any atom is 0.407 e. The van der Waals surface area contributed by atoms with E-state index in [-0.39, 0.29) is 49.2 Å². The summed E-state index contributed by atoms with van der Waals surface area (Å²) in [6, 6.07) is 15.5. The van der Waals surface area contributed by atoms with Crippen LogP contribution in [0.4, 0.5) is 4.79 Å². The van der Waals surface area contributed by atoms with Gasteiger partial charge >= 0.3 is 12.1 Å². The smallest absolute Gasteiger partial charge is 0.407 e. The number of fused-ring (bicyclic) bond motifs is 3. The van der Waals surface area contributed by atoms with Gasteiger partial charge in [0.1, 0.15) is 6.61 Å². The zero-order valence-corrected chi connectivity index (χ0v) is 20.3. The normalized spacial score (nSPS) is 16.5. The molecule has 3 N–H and O–H groups in total.